The van der Waals surface area contributed by atoms with Gasteiger partial charge in [-0.05, 0) is 80.5 Å². The van der Waals surface area contributed by atoms with Gasteiger partial charge in [0.25, 0.3) is 0 Å². The first-order chi connectivity index (χ1) is 18.7. The lowest BCUT2D eigenvalue weighted by molar-refractivity contribution is -0.181. The minimum Gasteiger partial charge on any atom is -0.297 e. The second kappa shape index (κ2) is 9.46. The summed E-state index contributed by atoms with van der Waals surface area (Å²) in [6.07, 6.45) is 10.8. The van der Waals surface area contributed by atoms with Crippen molar-refractivity contribution in [3.8, 4) is 0 Å². The van der Waals surface area contributed by atoms with Crippen LogP contribution in [0.4, 0.5) is 0 Å². The number of carbonyl (C=O) groups is 4. The number of hydrogen-bond acceptors (Lipinski definition) is 4. The number of Topliss-reactive ketones (excluding diaryl/α,β-unsaturated/α-hetero) is 4. The quantitative estimate of drug-likeness (QED) is 0.191. The molecule has 4 bridgehead atoms. The molecular formula is C36H46O4. The highest BCUT2D eigenvalue weighted by Crippen LogP contribution is 2.75. The van der Waals surface area contributed by atoms with E-state index in [9.17, 15) is 9.59 Å². The van der Waals surface area contributed by atoms with Crippen LogP contribution in [0.25, 0.3) is 0 Å². The van der Waals surface area contributed by atoms with E-state index in [-0.39, 0.29) is 35.2 Å². The molecule has 40 heavy (non-hydrogen) atoms. The topological polar surface area (TPSA) is 68.3 Å². The summed E-state index contributed by atoms with van der Waals surface area (Å²) in [7, 11) is 0. The number of rotatable bonds is 8. The fourth-order valence-electron chi connectivity index (χ4n) is 9.15. The normalized spacial score (nSPS) is 36.0. The molecule has 0 unspecified atom stereocenters. The zero-order chi connectivity index (χ0) is 29.3. The molecule has 0 amide bonds. The second-order valence-corrected chi connectivity index (χ2v) is 14.9. The molecule has 5 fully saturated rings. The zero-order valence-electron chi connectivity index (χ0n) is 25.4. The van der Waals surface area contributed by atoms with Crippen LogP contribution in [-0.4, -0.2) is 23.1 Å². The Balaban J connectivity index is 1.69. The van der Waals surface area contributed by atoms with Gasteiger partial charge in [0.05, 0.1) is 10.8 Å². The molecule has 0 saturated heterocycles. The van der Waals surface area contributed by atoms with E-state index in [2.05, 4.69) is 52.8 Å². The molecule has 4 heteroatoms. The van der Waals surface area contributed by atoms with Crippen molar-refractivity contribution in [3.63, 3.8) is 0 Å². The third kappa shape index (κ3) is 3.63. The lowest BCUT2D eigenvalue weighted by Gasteiger charge is -2.60. The van der Waals surface area contributed by atoms with Crippen molar-refractivity contribution >= 4 is 23.1 Å². The van der Waals surface area contributed by atoms with Gasteiger partial charge in [0, 0.05) is 5.56 Å². The van der Waals surface area contributed by atoms with Crippen molar-refractivity contribution < 1.29 is 19.2 Å². The predicted octanol–water partition coefficient (Wildman–Crippen LogP) is 7.76. The largest absolute Gasteiger partial charge is 0.297 e. The van der Waals surface area contributed by atoms with Crippen LogP contribution in [-0.2, 0) is 14.4 Å². The molecular weight excluding hydrogens is 496 g/mol. The van der Waals surface area contributed by atoms with Crippen molar-refractivity contribution in [2.75, 3.05) is 0 Å². The van der Waals surface area contributed by atoms with Crippen molar-refractivity contribution in [1.29, 1.82) is 0 Å². The summed E-state index contributed by atoms with van der Waals surface area (Å²) in [6.45, 7) is 14.6. The average Bonchev–Trinajstić information content (AvgIpc) is 3.08. The van der Waals surface area contributed by atoms with Crippen LogP contribution in [0.1, 0.15) is 104 Å². The van der Waals surface area contributed by atoms with Crippen molar-refractivity contribution in [2.45, 2.75) is 93.4 Å². The Labute approximate surface area is 240 Å². The maximum absolute atomic E-state index is 15.1. The summed E-state index contributed by atoms with van der Waals surface area (Å²) in [5.74, 6) is -1.14. The van der Waals surface area contributed by atoms with Gasteiger partial charge in [-0.1, -0.05) is 95.7 Å². The molecule has 1 aromatic rings. The Morgan fingerprint density at radius 2 is 1.65 bits per heavy atom. The molecule has 0 radical (unpaired) electrons. The predicted molar refractivity (Wildman–Crippen MR) is 158 cm³/mol. The molecule has 4 nitrogen and oxygen atoms in total. The van der Waals surface area contributed by atoms with Crippen LogP contribution < -0.4 is 0 Å². The first kappa shape index (κ1) is 28.9. The maximum atomic E-state index is 15.1. The molecule has 5 aliphatic carbocycles. The van der Waals surface area contributed by atoms with Gasteiger partial charge in [-0.2, -0.15) is 0 Å². The highest BCUT2D eigenvalue weighted by atomic mass is 16.2. The van der Waals surface area contributed by atoms with Crippen LogP contribution in [0.15, 0.2) is 54.1 Å². The van der Waals surface area contributed by atoms with E-state index in [1.54, 1.807) is 24.3 Å². The monoisotopic (exact) mass is 542 g/mol. The minimum atomic E-state index is -1.85. The summed E-state index contributed by atoms with van der Waals surface area (Å²) < 4.78 is 0. The van der Waals surface area contributed by atoms with Crippen LogP contribution in [0.5, 0.6) is 0 Å². The van der Waals surface area contributed by atoms with Gasteiger partial charge in [-0.25, -0.2) is 0 Å². The van der Waals surface area contributed by atoms with Crippen LogP contribution in [0, 0.1) is 44.8 Å². The van der Waals surface area contributed by atoms with E-state index >= 15 is 9.59 Å². The minimum absolute atomic E-state index is 0.0832. The molecule has 214 valence electrons. The van der Waals surface area contributed by atoms with E-state index in [1.165, 1.54) is 0 Å². The smallest absolute Gasteiger partial charge is 0.184 e. The zero-order valence-corrected chi connectivity index (χ0v) is 25.4. The Morgan fingerprint density at radius 1 is 0.975 bits per heavy atom. The molecule has 5 atom stereocenters. The van der Waals surface area contributed by atoms with E-state index in [4.69, 9.17) is 0 Å². The number of carbonyl (C=O) groups excluding carboxylic acids is 4. The second-order valence-electron chi connectivity index (χ2n) is 14.9. The molecule has 1 spiro atoms. The SMILES string of the molecule is CC(=CC[C@]12C[C@H]3C[C@@H]4C(C)(C)CC[C@@]4(C1=O)C(=O)[C@](C(=O)c1ccccc1)(C2=O)C3(C)C)CC/C=C/C(C)C. The lowest BCUT2D eigenvalue weighted by Crippen LogP contribution is -2.75. The average molecular weight is 543 g/mol. The summed E-state index contributed by atoms with van der Waals surface area (Å²) in [5, 5.41) is 0. The summed E-state index contributed by atoms with van der Waals surface area (Å²) in [4.78, 5) is 59.7. The number of allylic oxidation sites excluding steroid dienone is 4. The first-order valence-corrected chi connectivity index (χ1v) is 15.3. The van der Waals surface area contributed by atoms with Crippen LogP contribution in [0.3, 0.4) is 0 Å². The van der Waals surface area contributed by atoms with Gasteiger partial charge in [0.1, 0.15) is 0 Å². The molecule has 5 saturated carbocycles. The molecule has 0 aliphatic heterocycles. The van der Waals surface area contributed by atoms with E-state index in [0.29, 0.717) is 30.7 Å². The summed E-state index contributed by atoms with van der Waals surface area (Å²) >= 11 is 0. The van der Waals surface area contributed by atoms with E-state index < -0.39 is 33.2 Å². The van der Waals surface area contributed by atoms with Gasteiger partial charge in [-0.15, -0.1) is 0 Å². The van der Waals surface area contributed by atoms with Gasteiger partial charge in [-0.3, -0.25) is 19.2 Å². The Kier molecular flexibility index (Phi) is 6.83. The number of ketones is 4. The maximum Gasteiger partial charge on any atom is 0.184 e. The number of benzene rings is 1. The summed E-state index contributed by atoms with van der Waals surface area (Å²) in [6, 6.07) is 8.82. The highest BCUT2D eigenvalue weighted by molar-refractivity contribution is 6.42. The third-order valence-electron chi connectivity index (χ3n) is 11.6. The van der Waals surface area contributed by atoms with Crippen molar-refractivity contribution in [3.05, 3.63) is 59.7 Å². The Hall–Kier alpha value is -2.62. The van der Waals surface area contributed by atoms with E-state index in [0.717, 1.165) is 24.8 Å². The van der Waals surface area contributed by atoms with Crippen LogP contribution >= 0.6 is 0 Å². The van der Waals surface area contributed by atoms with Crippen LogP contribution in [0.2, 0.25) is 0 Å². The summed E-state index contributed by atoms with van der Waals surface area (Å²) in [5.41, 5.74) is -4.02. The molecule has 1 aromatic carbocycles. The molecule has 5 aliphatic rings. The molecule has 6 rings (SSSR count). The van der Waals surface area contributed by atoms with Gasteiger partial charge in [0.2, 0.25) is 0 Å². The van der Waals surface area contributed by atoms with Gasteiger partial charge >= 0.3 is 0 Å². The molecule has 0 aromatic heterocycles. The highest BCUT2D eigenvalue weighted by Gasteiger charge is 2.85. The fraction of sp³-hybridized carbons (Fsp3) is 0.611. The first-order valence-electron chi connectivity index (χ1n) is 15.3. The Morgan fingerprint density at radius 3 is 2.30 bits per heavy atom. The molecule has 0 heterocycles. The number of hydrogen-bond donors (Lipinski definition) is 0. The third-order valence-corrected chi connectivity index (χ3v) is 11.6. The Bertz CT molecular complexity index is 1310. The van der Waals surface area contributed by atoms with Gasteiger partial charge in [0.15, 0.2) is 28.5 Å². The molecule has 0 N–H and O–H groups in total. The van der Waals surface area contributed by atoms with Crippen molar-refractivity contribution in [2.24, 2.45) is 44.8 Å². The van der Waals surface area contributed by atoms with Crippen molar-refractivity contribution in [1.82, 2.24) is 0 Å². The fourth-order valence-corrected chi connectivity index (χ4v) is 9.15. The lowest BCUT2D eigenvalue weighted by atomic mass is 9.37. The van der Waals surface area contributed by atoms with Gasteiger partial charge < -0.3 is 0 Å². The van der Waals surface area contributed by atoms with E-state index in [1.807, 2.05) is 19.9 Å². The standard InChI is InChI=1S/C36H46O4/c1-23(2)13-11-12-14-24(3)17-18-34-22-26-21-27-32(4,5)19-20-35(27,29(34)38)31(40)36(30(34)39,33(26,6)7)28(37)25-15-9-8-10-16-25/h8-11,13,15-17,23,26-27H,12,14,18-22H2,1-7H3/b13-11+,24-17?/t26-,27-,34+,35-,36+/m1/s1.